The van der Waals surface area contributed by atoms with Gasteiger partial charge in [-0.3, -0.25) is 4.79 Å². The molecule has 0 bridgehead atoms. The van der Waals surface area contributed by atoms with Crippen LogP contribution in [0.1, 0.15) is 18.1 Å². The second-order valence-electron chi connectivity index (χ2n) is 5.82. The second-order valence-corrected chi connectivity index (χ2v) is 5.82. The molecule has 2 aliphatic rings. The van der Waals surface area contributed by atoms with Gasteiger partial charge >= 0.3 is 5.97 Å². The maximum Gasteiger partial charge on any atom is 0.317 e. The van der Waals surface area contributed by atoms with E-state index >= 15 is 0 Å². The van der Waals surface area contributed by atoms with Crippen molar-refractivity contribution in [2.45, 2.75) is 19.9 Å². The van der Waals surface area contributed by atoms with Crippen molar-refractivity contribution >= 4 is 5.97 Å². The summed E-state index contributed by atoms with van der Waals surface area (Å²) >= 11 is 0. The number of aliphatic carboxylic acids is 1. The van der Waals surface area contributed by atoms with Crippen LogP contribution in [0.5, 0.6) is 0 Å². The third-order valence-corrected chi connectivity index (χ3v) is 4.22. The number of hydrogen-bond acceptors (Lipinski definition) is 2. The summed E-state index contributed by atoms with van der Waals surface area (Å²) in [6.07, 6.45) is 10.3. The van der Waals surface area contributed by atoms with Crippen LogP contribution >= 0.6 is 0 Å². The standard InChI is InChI=1S/C18H19NO2/c1-18(17(20)21)10-5-4-8-16(12-18)19-11-9-14-6-2-3-7-15(14)13-19/h2-8,10,12H,9,11,13H2,1H3,(H,20,21). The van der Waals surface area contributed by atoms with Crippen molar-refractivity contribution in [2.24, 2.45) is 5.41 Å². The zero-order valence-corrected chi connectivity index (χ0v) is 12.1. The molecule has 0 fully saturated rings. The van der Waals surface area contributed by atoms with Gasteiger partial charge in [-0.15, -0.1) is 0 Å². The lowest BCUT2D eigenvalue weighted by Crippen LogP contribution is -2.31. The number of fused-ring (bicyclic) bond motifs is 1. The number of nitrogens with zero attached hydrogens (tertiary/aromatic N) is 1. The van der Waals surface area contributed by atoms with Crippen LogP contribution in [-0.2, 0) is 17.8 Å². The number of allylic oxidation sites excluding steroid dienone is 3. The normalized spacial score (nSPS) is 24.2. The Balaban J connectivity index is 1.91. The third kappa shape index (κ3) is 2.64. The van der Waals surface area contributed by atoms with E-state index in [0.29, 0.717) is 0 Å². The molecule has 1 aliphatic heterocycles. The Hall–Kier alpha value is -2.29. The van der Waals surface area contributed by atoms with Gasteiger partial charge in [0.1, 0.15) is 5.41 Å². The molecular weight excluding hydrogens is 262 g/mol. The van der Waals surface area contributed by atoms with E-state index in [0.717, 1.165) is 25.2 Å². The molecule has 0 amide bonds. The average molecular weight is 281 g/mol. The Labute approximate surface area is 124 Å². The van der Waals surface area contributed by atoms with Crippen molar-refractivity contribution in [3.05, 3.63) is 71.5 Å². The second kappa shape index (κ2) is 5.24. The van der Waals surface area contributed by atoms with Gasteiger partial charge in [0.15, 0.2) is 0 Å². The summed E-state index contributed by atoms with van der Waals surface area (Å²) in [6, 6.07) is 8.46. The van der Waals surface area contributed by atoms with Crippen molar-refractivity contribution in [3.63, 3.8) is 0 Å². The number of carboxylic acid groups (broad SMARTS) is 1. The van der Waals surface area contributed by atoms with Crippen LogP contribution in [0.25, 0.3) is 0 Å². The molecule has 0 spiro atoms. The molecule has 21 heavy (non-hydrogen) atoms. The van der Waals surface area contributed by atoms with Gasteiger partial charge < -0.3 is 10.0 Å². The molecule has 1 heterocycles. The van der Waals surface area contributed by atoms with Gasteiger partial charge in [-0.1, -0.05) is 42.5 Å². The molecule has 0 radical (unpaired) electrons. The summed E-state index contributed by atoms with van der Waals surface area (Å²) in [5, 5.41) is 9.45. The molecule has 1 aliphatic carbocycles. The zero-order chi connectivity index (χ0) is 14.9. The van der Waals surface area contributed by atoms with E-state index in [-0.39, 0.29) is 0 Å². The van der Waals surface area contributed by atoms with Gasteiger partial charge in [-0.25, -0.2) is 0 Å². The van der Waals surface area contributed by atoms with Gasteiger partial charge in [-0.05, 0) is 36.6 Å². The van der Waals surface area contributed by atoms with E-state index in [2.05, 4.69) is 29.2 Å². The molecule has 0 saturated carbocycles. The Bertz CT molecular complexity index is 657. The SMILES string of the molecule is CC1(C(=O)O)C=CC=CC(N2CCc3ccccc3C2)=C1. The van der Waals surface area contributed by atoms with Crippen molar-refractivity contribution in [1.82, 2.24) is 4.90 Å². The summed E-state index contributed by atoms with van der Waals surface area (Å²) in [5.74, 6) is -0.822. The molecule has 3 rings (SSSR count). The fourth-order valence-corrected chi connectivity index (χ4v) is 2.86. The molecular formula is C18H19NO2. The van der Waals surface area contributed by atoms with Gasteiger partial charge in [-0.2, -0.15) is 0 Å². The third-order valence-electron chi connectivity index (χ3n) is 4.22. The molecule has 1 aromatic rings. The lowest BCUT2D eigenvalue weighted by atomic mass is 9.89. The summed E-state index contributed by atoms with van der Waals surface area (Å²) in [4.78, 5) is 13.8. The molecule has 1 N–H and O–H groups in total. The van der Waals surface area contributed by atoms with Crippen LogP contribution in [0.15, 0.2) is 60.3 Å². The molecule has 1 atom stereocenters. The molecule has 108 valence electrons. The molecule has 0 aromatic heterocycles. The van der Waals surface area contributed by atoms with Crippen LogP contribution in [0.3, 0.4) is 0 Å². The number of benzene rings is 1. The van der Waals surface area contributed by atoms with Crippen molar-refractivity contribution < 1.29 is 9.90 Å². The average Bonchev–Trinajstić information content (AvgIpc) is 2.70. The molecule has 1 aromatic carbocycles. The summed E-state index contributed by atoms with van der Waals surface area (Å²) in [6.45, 7) is 3.49. The first-order valence-electron chi connectivity index (χ1n) is 7.22. The van der Waals surface area contributed by atoms with E-state index in [1.807, 2.05) is 24.3 Å². The molecule has 3 heteroatoms. The number of rotatable bonds is 2. The van der Waals surface area contributed by atoms with Gasteiger partial charge in [0.2, 0.25) is 0 Å². The highest BCUT2D eigenvalue weighted by molar-refractivity contribution is 5.79. The minimum atomic E-state index is -0.949. The van der Waals surface area contributed by atoms with Crippen molar-refractivity contribution in [2.75, 3.05) is 6.54 Å². The molecule has 1 unspecified atom stereocenters. The first-order chi connectivity index (χ1) is 10.1. The largest absolute Gasteiger partial charge is 0.480 e. The first kappa shape index (κ1) is 13.7. The Morgan fingerprint density at radius 2 is 2.00 bits per heavy atom. The van der Waals surface area contributed by atoms with Crippen LogP contribution in [-0.4, -0.2) is 22.5 Å². The van der Waals surface area contributed by atoms with E-state index in [1.54, 1.807) is 13.0 Å². The molecule has 3 nitrogen and oxygen atoms in total. The zero-order valence-electron chi connectivity index (χ0n) is 12.1. The summed E-state index contributed by atoms with van der Waals surface area (Å²) < 4.78 is 0. The monoisotopic (exact) mass is 281 g/mol. The highest BCUT2D eigenvalue weighted by atomic mass is 16.4. The van der Waals surface area contributed by atoms with Crippen LogP contribution in [0.2, 0.25) is 0 Å². The topological polar surface area (TPSA) is 40.5 Å². The van der Waals surface area contributed by atoms with E-state index in [1.165, 1.54) is 11.1 Å². The van der Waals surface area contributed by atoms with Crippen molar-refractivity contribution in [1.29, 1.82) is 0 Å². The Kier molecular flexibility index (Phi) is 3.42. The number of carboxylic acids is 1. The van der Waals surface area contributed by atoms with Gasteiger partial charge in [0, 0.05) is 18.8 Å². The van der Waals surface area contributed by atoms with E-state index < -0.39 is 11.4 Å². The summed E-state index contributed by atoms with van der Waals surface area (Å²) in [7, 11) is 0. The lowest BCUT2D eigenvalue weighted by Gasteiger charge is -2.32. The lowest BCUT2D eigenvalue weighted by molar-refractivity contribution is -0.142. The predicted octanol–water partition coefficient (Wildman–Crippen LogP) is 3.15. The Morgan fingerprint density at radius 1 is 1.24 bits per heavy atom. The van der Waals surface area contributed by atoms with Crippen LogP contribution in [0, 0.1) is 5.41 Å². The smallest absolute Gasteiger partial charge is 0.317 e. The summed E-state index contributed by atoms with van der Waals surface area (Å²) in [5.41, 5.74) is 2.76. The quantitative estimate of drug-likeness (QED) is 0.905. The van der Waals surface area contributed by atoms with Gasteiger partial charge in [0.05, 0.1) is 0 Å². The molecule has 0 saturated heterocycles. The highest BCUT2D eigenvalue weighted by Crippen LogP contribution is 2.29. The minimum Gasteiger partial charge on any atom is -0.480 e. The highest BCUT2D eigenvalue weighted by Gasteiger charge is 2.30. The number of hydrogen-bond donors (Lipinski definition) is 1. The fraction of sp³-hybridized carbons (Fsp3) is 0.278. The number of carbonyl (C=O) groups is 1. The fourth-order valence-electron chi connectivity index (χ4n) is 2.86. The minimum absolute atomic E-state index is 0.822. The van der Waals surface area contributed by atoms with Crippen LogP contribution < -0.4 is 0 Å². The van der Waals surface area contributed by atoms with Gasteiger partial charge in [0.25, 0.3) is 0 Å². The van der Waals surface area contributed by atoms with Crippen molar-refractivity contribution in [3.8, 4) is 0 Å². The predicted molar refractivity (Wildman–Crippen MR) is 82.7 cm³/mol. The van der Waals surface area contributed by atoms with E-state index in [9.17, 15) is 9.90 Å². The maximum absolute atomic E-state index is 11.5. The van der Waals surface area contributed by atoms with Crippen LogP contribution in [0.4, 0.5) is 0 Å². The van der Waals surface area contributed by atoms with E-state index in [4.69, 9.17) is 0 Å². The maximum atomic E-state index is 11.5. The Morgan fingerprint density at radius 3 is 2.76 bits per heavy atom. The first-order valence-corrected chi connectivity index (χ1v) is 7.22.